The van der Waals surface area contributed by atoms with Crippen molar-refractivity contribution in [1.82, 2.24) is 9.21 Å². The molecule has 2 fully saturated rings. The highest BCUT2D eigenvalue weighted by Crippen LogP contribution is 2.29. The number of rotatable bonds is 4. The van der Waals surface area contributed by atoms with Crippen molar-refractivity contribution < 1.29 is 18.3 Å². The highest BCUT2D eigenvalue weighted by molar-refractivity contribution is 7.88. The van der Waals surface area contributed by atoms with E-state index >= 15 is 0 Å². The molecular weight excluding hydrogens is 364 g/mol. The molecule has 0 spiro atoms. The van der Waals surface area contributed by atoms with Crippen LogP contribution in [0, 0.1) is 0 Å². The van der Waals surface area contributed by atoms with Crippen molar-refractivity contribution in [3.8, 4) is 5.75 Å². The van der Waals surface area contributed by atoms with Crippen LogP contribution in [-0.4, -0.2) is 73.4 Å². The second-order valence-electron chi connectivity index (χ2n) is 6.80. The van der Waals surface area contributed by atoms with Crippen LogP contribution in [0.15, 0.2) is 24.3 Å². The van der Waals surface area contributed by atoms with Gasteiger partial charge in [-0.2, -0.15) is 4.31 Å². The molecule has 25 heavy (non-hydrogen) atoms. The Morgan fingerprint density at radius 1 is 1.20 bits per heavy atom. The summed E-state index contributed by atoms with van der Waals surface area (Å²) in [4.78, 5) is 2.19. The van der Waals surface area contributed by atoms with Crippen molar-refractivity contribution in [3.05, 3.63) is 29.3 Å². The van der Waals surface area contributed by atoms with Crippen LogP contribution >= 0.6 is 11.6 Å². The standard InChI is InChI=1S/C17H25ClN2O4S/c1-25(22,23)20-10-8-19(9-11-20)15-6-3-7-16(17(15)21)24-14-5-2-4-13(18)12-14/h2,4-5,12,15-17,21H,3,6-11H2,1H3/t15-,16+,17+/m0/s1. The van der Waals surface area contributed by atoms with E-state index in [1.807, 2.05) is 12.1 Å². The Balaban J connectivity index is 1.61. The van der Waals surface area contributed by atoms with Crippen LogP contribution in [0.1, 0.15) is 19.3 Å². The van der Waals surface area contributed by atoms with E-state index < -0.39 is 16.1 Å². The maximum atomic E-state index is 11.6. The van der Waals surface area contributed by atoms with Gasteiger partial charge in [0.2, 0.25) is 10.0 Å². The van der Waals surface area contributed by atoms with Gasteiger partial charge in [0.25, 0.3) is 0 Å². The first-order valence-corrected chi connectivity index (χ1v) is 10.9. The third-order valence-electron chi connectivity index (χ3n) is 5.06. The Morgan fingerprint density at radius 3 is 2.56 bits per heavy atom. The average Bonchev–Trinajstić information content (AvgIpc) is 2.56. The molecule has 1 aromatic rings. The number of hydrogen-bond acceptors (Lipinski definition) is 5. The highest BCUT2D eigenvalue weighted by Gasteiger charge is 2.38. The van der Waals surface area contributed by atoms with Gasteiger partial charge >= 0.3 is 0 Å². The lowest BCUT2D eigenvalue weighted by atomic mass is 9.88. The van der Waals surface area contributed by atoms with Gasteiger partial charge in [0, 0.05) is 37.2 Å². The largest absolute Gasteiger partial charge is 0.488 e. The van der Waals surface area contributed by atoms with Gasteiger partial charge in [-0.05, 0) is 37.5 Å². The van der Waals surface area contributed by atoms with Crippen LogP contribution in [0.2, 0.25) is 5.02 Å². The molecule has 3 atom stereocenters. The fraction of sp³-hybridized carbons (Fsp3) is 0.647. The number of piperazine rings is 1. The summed E-state index contributed by atoms with van der Waals surface area (Å²) >= 11 is 6.00. The van der Waals surface area contributed by atoms with E-state index in [9.17, 15) is 13.5 Å². The summed E-state index contributed by atoms with van der Waals surface area (Å²) in [7, 11) is -3.14. The van der Waals surface area contributed by atoms with Gasteiger partial charge in [-0.3, -0.25) is 4.90 Å². The maximum absolute atomic E-state index is 11.6. The fourth-order valence-corrected chi connectivity index (χ4v) is 4.73. The zero-order valence-corrected chi connectivity index (χ0v) is 15.9. The summed E-state index contributed by atoms with van der Waals surface area (Å²) in [5.41, 5.74) is 0. The lowest BCUT2D eigenvalue weighted by molar-refractivity contribution is -0.0593. The molecule has 0 unspecified atom stereocenters. The molecule has 0 aromatic heterocycles. The molecule has 8 heteroatoms. The smallest absolute Gasteiger partial charge is 0.211 e. The number of aliphatic hydroxyl groups is 1. The highest BCUT2D eigenvalue weighted by atomic mass is 35.5. The molecule has 6 nitrogen and oxygen atoms in total. The molecule has 0 amide bonds. The van der Waals surface area contributed by atoms with Gasteiger partial charge in [0.05, 0.1) is 6.26 Å². The molecule has 1 N–H and O–H groups in total. The molecule has 2 aliphatic rings. The Labute approximate surface area is 154 Å². The Morgan fingerprint density at radius 2 is 1.92 bits per heavy atom. The molecule has 0 bridgehead atoms. The number of halogens is 1. The van der Waals surface area contributed by atoms with E-state index in [4.69, 9.17) is 16.3 Å². The molecule has 1 saturated heterocycles. The molecule has 1 aliphatic heterocycles. The summed E-state index contributed by atoms with van der Waals surface area (Å²) < 4.78 is 30.8. The van der Waals surface area contributed by atoms with Gasteiger partial charge in [0.1, 0.15) is 18.0 Å². The zero-order chi connectivity index (χ0) is 18.0. The van der Waals surface area contributed by atoms with Gasteiger partial charge in [-0.25, -0.2) is 8.42 Å². The molecule has 3 rings (SSSR count). The fourth-order valence-electron chi connectivity index (χ4n) is 3.73. The van der Waals surface area contributed by atoms with Gasteiger partial charge < -0.3 is 9.84 Å². The van der Waals surface area contributed by atoms with Crippen molar-refractivity contribution in [2.75, 3.05) is 32.4 Å². The lowest BCUT2D eigenvalue weighted by Gasteiger charge is -2.44. The Kier molecular flexibility index (Phi) is 5.90. The van der Waals surface area contributed by atoms with Gasteiger partial charge in [-0.1, -0.05) is 17.7 Å². The Hall–Kier alpha value is -0.860. The van der Waals surface area contributed by atoms with Crippen LogP contribution in [-0.2, 0) is 10.0 Å². The van der Waals surface area contributed by atoms with E-state index in [1.165, 1.54) is 10.6 Å². The van der Waals surface area contributed by atoms with Crippen LogP contribution in [0.25, 0.3) is 0 Å². The molecule has 1 saturated carbocycles. The normalized spacial score (nSPS) is 29.5. The first-order valence-electron chi connectivity index (χ1n) is 8.64. The minimum Gasteiger partial charge on any atom is -0.488 e. The second kappa shape index (κ2) is 7.80. The van der Waals surface area contributed by atoms with E-state index in [-0.39, 0.29) is 12.1 Å². The summed E-state index contributed by atoms with van der Waals surface area (Å²) in [5, 5.41) is 11.4. The zero-order valence-electron chi connectivity index (χ0n) is 14.3. The summed E-state index contributed by atoms with van der Waals surface area (Å²) in [6.07, 6.45) is 3.04. The summed E-state index contributed by atoms with van der Waals surface area (Å²) in [6.45, 7) is 2.22. The minimum absolute atomic E-state index is 0.000329. The topological polar surface area (TPSA) is 70.1 Å². The van der Waals surface area contributed by atoms with Crippen molar-refractivity contribution in [3.63, 3.8) is 0 Å². The predicted molar refractivity (Wildman–Crippen MR) is 97.5 cm³/mol. The number of ether oxygens (including phenoxy) is 1. The van der Waals surface area contributed by atoms with E-state index in [0.29, 0.717) is 37.0 Å². The molecule has 140 valence electrons. The van der Waals surface area contributed by atoms with E-state index in [0.717, 1.165) is 19.3 Å². The maximum Gasteiger partial charge on any atom is 0.211 e. The minimum atomic E-state index is -3.14. The van der Waals surface area contributed by atoms with Gasteiger partial charge in [-0.15, -0.1) is 0 Å². The molecular formula is C17H25ClN2O4S. The van der Waals surface area contributed by atoms with Crippen molar-refractivity contribution in [2.45, 2.75) is 37.5 Å². The third kappa shape index (κ3) is 4.65. The average molecular weight is 389 g/mol. The molecule has 1 heterocycles. The van der Waals surface area contributed by atoms with E-state index in [1.54, 1.807) is 12.1 Å². The van der Waals surface area contributed by atoms with Crippen molar-refractivity contribution >= 4 is 21.6 Å². The molecule has 1 aliphatic carbocycles. The van der Waals surface area contributed by atoms with E-state index in [2.05, 4.69) is 4.90 Å². The Bertz CT molecular complexity index is 692. The molecule has 0 radical (unpaired) electrons. The summed E-state index contributed by atoms with van der Waals surface area (Å²) in [5.74, 6) is 0.666. The van der Waals surface area contributed by atoms with Crippen LogP contribution in [0.3, 0.4) is 0 Å². The third-order valence-corrected chi connectivity index (χ3v) is 6.60. The van der Waals surface area contributed by atoms with Crippen molar-refractivity contribution in [2.24, 2.45) is 0 Å². The number of aliphatic hydroxyl groups excluding tert-OH is 1. The van der Waals surface area contributed by atoms with Crippen LogP contribution in [0.5, 0.6) is 5.75 Å². The number of benzene rings is 1. The SMILES string of the molecule is CS(=O)(=O)N1CCN([C@H]2CCC[C@@H](Oc3cccc(Cl)c3)[C@@H]2O)CC1. The van der Waals surface area contributed by atoms with Crippen LogP contribution in [0.4, 0.5) is 0 Å². The second-order valence-corrected chi connectivity index (χ2v) is 9.22. The summed E-state index contributed by atoms with van der Waals surface area (Å²) in [6, 6.07) is 7.21. The monoisotopic (exact) mass is 388 g/mol. The van der Waals surface area contributed by atoms with Gasteiger partial charge in [0.15, 0.2) is 0 Å². The van der Waals surface area contributed by atoms with Crippen molar-refractivity contribution in [1.29, 1.82) is 0 Å². The van der Waals surface area contributed by atoms with Crippen LogP contribution < -0.4 is 4.74 Å². The lowest BCUT2D eigenvalue weighted by Crippen LogP contribution is -2.58. The molecule has 1 aromatic carbocycles. The first-order chi connectivity index (χ1) is 11.8. The number of sulfonamides is 1. The quantitative estimate of drug-likeness (QED) is 0.848. The first kappa shape index (κ1) is 18.9. The number of nitrogens with zero attached hydrogens (tertiary/aromatic N) is 2. The number of hydrogen-bond donors (Lipinski definition) is 1. The predicted octanol–water partition coefficient (Wildman–Crippen LogP) is 1.58.